The number of hydrogen-bond donors (Lipinski definition) is 1. The molecule has 0 spiro atoms. The Balaban J connectivity index is 1.49. The van der Waals surface area contributed by atoms with Crippen molar-refractivity contribution >= 4 is 34.5 Å². The van der Waals surface area contributed by atoms with Gasteiger partial charge in [-0.1, -0.05) is 30.0 Å². The molecule has 4 rings (SSSR count). The molecule has 0 bridgehead atoms. The summed E-state index contributed by atoms with van der Waals surface area (Å²) in [5, 5.41) is 3.65. The van der Waals surface area contributed by atoms with Crippen molar-refractivity contribution in [3.05, 3.63) is 64.7 Å². The number of pyridine rings is 1. The summed E-state index contributed by atoms with van der Waals surface area (Å²) in [5.41, 5.74) is 1.29. The van der Waals surface area contributed by atoms with Crippen molar-refractivity contribution in [3.63, 3.8) is 0 Å². The molecule has 3 heterocycles. The number of hydrogen-bond acceptors (Lipinski definition) is 6. The molecule has 1 saturated heterocycles. The number of rotatable bonds is 7. The molecule has 31 heavy (non-hydrogen) atoms. The standard InChI is InChI=1S/C22H23N5O3S/c28-19(24-13-20(29)26-10-3-4-11-26)15-31-22-25-18-8-2-1-7-17(18)21(30)27(22)14-16-6-5-9-23-12-16/h1-2,5-9,12H,3-4,10-11,13-15H2,(H,24,28). The summed E-state index contributed by atoms with van der Waals surface area (Å²) in [6.07, 6.45) is 5.40. The zero-order chi connectivity index (χ0) is 21.6. The molecule has 2 aromatic heterocycles. The number of fused-ring (bicyclic) bond motifs is 1. The largest absolute Gasteiger partial charge is 0.346 e. The van der Waals surface area contributed by atoms with Gasteiger partial charge in [0.25, 0.3) is 5.56 Å². The topological polar surface area (TPSA) is 97.2 Å². The monoisotopic (exact) mass is 437 g/mol. The lowest BCUT2D eigenvalue weighted by Gasteiger charge is -2.16. The van der Waals surface area contributed by atoms with Crippen LogP contribution in [0.5, 0.6) is 0 Å². The molecule has 0 radical (unpaired) electrons. The Bertz CT molecular complexity index is 1140. The molecule has 1 N–H and O–H groups in total. The Kier molecular flexibility index (Phi) is 6.61. The lowest BCUT2D eigenvalue weighted by Crippen LogP contribution is -2.39. The number of thioether (sulfide) groups is 1. The number of likely N-dealkylation sites (tertiary alicyclic amines) is 1. The van der Waals surface area contributed by atoms with Gasteiger partial charge in [-0.3, -0.25) is 23.9 Å². The van der Waals surface area contributed by atoms with Gasteiger partial charge < -0.3 is 10.2 Å². The minimum absolute atomic E-state index is 0.00691. The van der Waals surface area contributed by atoms with Gasteiger partial charge in [0.2, 0.25) is 11.8 Å². The van der Waals surface area contributed by atoms with E-state index in [1.807, 2.05) is 18.2 Å². The van der Waals surface area contributed by atoms with E-state index in [9.17, 15) is 14.4 Å². The molecule has 0 saturated carbocycles. The van der Waals surface area contributed by atoms with Crippen LogP contribution in [0.15, 0.2) is 58.7 Å². The van der Waals surface area contributed by atoms with E-state index in [1.165, 1.54) is 11.8 Å². The smallest absolute Gasteiger partial charge is 0.262 e. The second-order valence-electron chi connectivity index (χ2n) is 7.32. The second kappa shape index (κ2) is 9.74. The lowest BCUT2D eigenvalue weighted by molar-refractivity contribution is -0.131. The first kappa shape index (κ1) is 21.0. The molecule has 1 aliphatic rings. The van der Waals surface area contributed by atoms with Gasteiger partial charge in [-0.2, -0.15) is 0 Å². The molecule has 9 heteroatoms. The van der Waals surface area contributed by atoms with Crippen molar-refractivity contribution in [2.45, 2.75) is 24.5 Å². The number of amides is 2. The number of carbonyl (C=O) groups is 2. The van der Waals surface area contributed by atoms with Crippen LogP contribution >= 0.6 is 11.8 Å². The Morgan fingerprint density at radius 2 is 1.90 bits per heavy atom. The lowest BCUT2D eigenvalue weighted by atomic mass is 10.2. The van der Waals surface area contributed by atoms with E-state index in [1.54, 1.807) is 40.1 Å². The number of para-hydroxylation sites is 1. The summed E-state index contributed by atoms with van der Waals surface area (Å²) in [4.78, 5) is 48.0. The fourth-order valence-corrected chi connectivity index (χ4v) is 4.33. The van der Waals surface area contributed by atoms with Gasteiger partial charge in [0.05, 0.1) is 29.7 Å². The molecule has 0 aliphatic carbocycles. The molecule has 3 aromatic rings. The summed E-state index contributed by atoms with van der Waals surface area (Å²) in [6, 6.07) is 10.9. The zero-order valence-electron chi connectivity index (χ0n) is 17.0. The van der Waals surface area contributed by atoms with E-state index < -0.39 is 0 Å². The van der Waals surface area contributed by atoms with Crippen molar-refractivity contribution in [1.82, 2.24) is 24.8 Å². The van der Waals surface area contributed by atoms with Crippen LogP contribution in [-0.2, 0) is 16.1 Å². The Hall–Kier alpha value is -3.20. The van der Waals surface area contributed by atoms with Crippen molar-refractivity contribution in [2.24, 2.45) is 0 Å². The van der Waals surface area contributed by atoms with Crippen molar-refractivity contribution in [3.8, 4) is 0 Å². The van der Waals surface area contributed by atoms with Crippen molar-refractivity contribution in [1.29, 1.82) is 0 Å². The molecule has 1 aromatic carbocycles. The van der Waals surface area contributed by atoms with E-state index in [0.29, 0.717) is 22.6 Å². The average Bonchev–Trinajstić information content (AvgIpc) is 3.34. The highest BCUT2D eigenvalue weighted by Crippen LogP contribution is 2.18. The molecule has 1 aliphatic heterocycles. The highest BCUT2D eigenvalue weighted by atomic mass is 32.2. The molecule has 2 amide bonds. The number of aromatic nitrogens is 3. The van der Waals surface area contributed by atoms with Crippen LogP contribution in [0.4, 0.5) is 0 Å². The molecular weight excluding hydrogens is 414 g/mol. The van der Waals surface area contributed by atoms with Crippen LogP contribution in [-0.4, -0.2) is 56.6 Å². The minimum atomic E-state index is -0.270. The first-order valence-electron chi connectivity index (χ1n) is 10.2. The van der Waals surface area contributed by atoms with Gasteiger partial charge in [0.1, 0.15) is 0 Å². The van der Waals surface area contributed by atoms with Crippen LogP contribution < -0.4 is 10.9 Å². The maximum atomic E-state index is 13.1. The molecule has 0 unspecified atom stereocenters. The van der Waals surface area contributed by atoms with Crippen LogP contribution in [0.2, 0.25) is 0 Å². The van der Waals surface area contributed by atoms with Gasteiger partial charge in [-0.05, 0) is 36.6 Å². The number of nitrogens with one attached hydrogen (secondary N) is 1. The summed E-state index contributed by atoms with van der Waals surface area (Å²) in [6.45, 7) is 1.81. The van der Waals surface area contributed by atoms with Crippen LogP contribution in [0, 0.1) is 0 Å². The molecule has 1 fully saturated rings. The second-order valence-corrected chi connectivity index (χ2v) is 8.26. The third-order valence-electron chi connectivity index (χ3n) is 5.12. The van der Waals surface area contributed by atoms with Gasteiger partial charge in [0, 0.05) is 25.5 Å². The summed E-state index contributed by atoms with van der Waals surface area (Å²) in [5.74, 6) is -0.272. The highest BCUT2D eigenvalue weighted by Gasteiger charge is 2.19. The minimum Gasteiger partial charge on any atom is -0.346 e. The number of carbonyl (C=O) groups excluding carboxylic acids is 2. The third kappa shape index (κ3) is 5.11. The number of nitrogens with zero attached hydrogens (tertiary/aromatic N) is 4. The van der Waals surface area contributed by atoms with E-state index in [2.05, 4.69) is 15.3 Å². The fourth-order valence-electron chi connectivity index (χ4n) is 3.51. The fraction of sp³-hybridized carbons (Fsp3) is 0.318. The SMILES string of the molecule is O=C(CSc1nc2ccccc2c(=O)n1Cc1cccnc1)NCC(=O)N1CCCC1. The zero-order valence-corrected chi connectivity index (χ0v) is 17.8. The van der Waals surface area contributed by atoms with E-state index >= 15 is 0 Å². The Morgan fingerprint density at radius 3 is 2.68 bits per heavy atom. The van der Waals surface area contributed by atoms with Crippen LogP contribution in [0.3, 0.4) is 0 Å². The maximum Gasteiger partial charge on any atom is 0.262 e. The molecule has 0 atom stereocenters. The Labute approximate surface area is 183 Å². The van der Waals surface area contributed by atoms with E-state index in [0.717, 1.165) is 31.5 Å². The summed E-state index contributed by atoms with van der Waals surface area (Å²) < 4.78 is 1.56. The first-order valence-corrected chi connectivity index (χ1v) is 11.2. The van der Waals surface area contributed by atoms with Gasteiger partial charge in [0.15, 0.2) is 5.16 Å². The average molecular weight is 438 g/mol. The van der Waals surface area contributed by atoms with Gasteiger partial charge >= 0.3 is 0 Å². The first-order chi connectivity index (χ1) is 15.1. The predicted octanol–water partition coefficient (Wildman–Crippen LogP) is 1.67. The highest BCUT2D eigenvalue weighted by molar-refractivity contribution is 7.99. The van der Waals surface area contributed by atoms with Crippen LogP contribution in [0.25, 0.3) is 10.9 Å². The van der Waals surface area contributed by atoms with E-state index in [4.69, 9.17) is 0 Å². The van der Waals surface area contributed by atoms with Crippen molar-refractivity contribution < 1.29 is 9.59 Å². The predicted molar refractivity (Wildman–Crippen MR) is 119 cm³/mol. The Morgan fingerprint density at radius 1 is 1.10 bits per heavy atom. The summed E-state index contributed by atoms with van der Waals surface area (Å²) in [7, 11) is 0. The van der Waals surface area contributed by atoms with Crippen LogP contribution in [0.1, 0.15) is 18.4 Å². The van der Waals surface area contributed by atoms with Gasteiger partial charge in [-0.15, -0.1) is 0 Å². The third-order valence-corrected chi connectivity index (χ3v) is 6.09. The quantitative estimate of drug-likeness (QED) is 0.446. The molecular formula is C22H23N5O3S. The summed E-state index contributed by atoms with van der Waals surface area (Å²) >= 11 is 1.18. The van der Waals surface area contributed by atoms with Crippen molar-refractivity contribution in [2.75, 3.05) is 25.4 Å². The van der Waals surface area contributed by atoms with Gasteiger partial charge in [-0.25, -0.2) is 4.98 Å². The van der Waals surface area contributed by atoms with E-state index in [-0.39, 0.29) is 29.7 Å². The number of benzene rings is 1. The maximum absolute atomic E-state index is 13.1. The molecule has 160 valence electrons. The molecule has 8 nitrogen and oxygen atoms in total. The normalized spacial score (nSPS) is 13.5.